The highest BCUT2D eigenvalue weighted by Crippen LogP contribution is 2.45. The van der Waals surface area contributed by atoms with E-state index in [1.54, 1.807) is 0 Å². The van der Waals surface area contributed by atoms with Crippen LogP contribution < -0.4 is 0 Å². The number of nitrogens with one attached hydrogen (secondary N) is 1. The second-order valence-corrected chi connectivity index (χ2v) is 7.20. The van der Waals surface area contributed by atoms with E-state index in [0.717, 1.165) is 11.6 Å². The molecule has 0 amide bonds. The number of rotatable bonds is 2. The van der Waals surface area contributed by atoms with Crippen molar-refractivity contribution >= 4 is 0 Å². The number of aromatic amines is 1. The van der Waals surface area contributed by atoms with Gasteiger partial charge in [-0.2, -0.15) is 5.10 Å². The molecular weight excluding hydrogens is 234 g/mol. The molecule has 106 valence electrons. The minimum absolute atomic E-state index is 0.377. The Hall–Kier alpha value is -0.860. The summed E-state index contributed by atoms with van der Waals surface area (Å²) >= 11 is 0. The fourth-order valence-corrected chi connectivity index (χ4v) is 3.99. The van der Waals surface area contributed by atoms with Crippen LogP contribution in [-0.2, 0) is 0 Å². The highest BCUT2D eigenvalue weighted by Gasteiger charge is 2.35. The zero-order valence-corrected chi connectivity index (χ0v) is 12.4. The standard InChI is InChI=1S/C16H27N3/c1-16(2)11-7-6-10-13(16)15-17-14(18-19-15)12-8-4-3-5-9-12/h12-13H,3-11H2,1-2H3,(H,17,18,19). The van der Waals surface area contributed by atoms with Crippen molar-refractivity contribution in [1.82, 2.24) is 15.2 Å². The van der Waals surface area contributed by atoms with Gasteiger partial charge in [0.1, 0.15) is 5.82 Å². The van der Waals surface area contributed by atoms with Gasteiger partial charge in [-0.05, 0) is 31.1 Å². The van der Waals surface area contributed by atoms with Crippen molar-refractivity contribution in [3.05, 3.63) is 11.6 Å². The van der Waals surface area contributed by atoms with Crippen LogP contribution in [0.3, 0.4) is 0 Å². The van der Waals surface area contributed by atoms with Gasteiger partial charge in [0.15, 0.2) is 5.82 Å². The lowest BCUT2D eigenvalue weighted by molar-refractivity contribution is 0.192. The minimum atomic E-state index is 0.377. The van der Waals surface area contributed by atoms with E-state index in [9.17, 15) is 0 Å². The molecule has 2 saturated carbocycles. The average Bonchev–Trinajstić information content (AvgIpc) is 2.88. The number of aromatic nitrogens is 3. The molecule has 3 rings (SSSR count). The molecule has 3 nitrogen and oxygen atoms in total. The van der Waals surface area contributed by atoms with Crippen LogP contribution in [-0.4, -0.2) is 15.2 Å². The summed E-state index contributed by atoms with van der Waals surface area (Å²) in [6.45, 7) is 4.78. The maximum Gasteiger partial charge on any atom is 0.153 e. The predicted molar refractivity (Wildman–Crippen MR) is 77.2 cm³/mol. The Morgan fingerprint density at radius 3 is 2.47 bits per heavy atom. The van der Waals surface area contributed by atoms with Crippen LogP contribution in [0.15, 0.2) is 0 Å². The smallest absolute Gasteiger partial charge is 0.153 e. The Balaban J connectivity index is 1.76. The molecule has 19 heavy (non-hydrogen) atoms. The minimum Gasteiger partial charge on any atom is -0.263 e. The van der Waals surface area contributed by atoms with E-state index >= 15 is 0 Å². The third-order valence-electron chi connectivity index (χ3n) is 5.33. The maximum atomic E-state index is 4.89. The van der Waals surface area contributed by atoms with Crippen molar-refractivity contribution in [2.75, 3.05) is 0 Å². The third kappa shape index (κ3) is 2.70. The number of hydrogen-bond donors (Lipinski definition) is 1. The molecule has 2 aliphatic rings. The van der Waals surface area contributed by atoms with Crippen LogP contribution in [0.5, 0.6) is 0 Å². The molecule has 1 heterocycles. The molecule has 0 bridgehead atoms. The molecule has 0 radical (unpaired) electrons. The quantitative estimate of drug-likeness (QED) is 0.849. The van der Waals surface area contributed by atoms with Crippen LogP contribution >= 0.6 is 0 Å². The van der Waals surface area contributed by atoms with Crippen LogP contribution in [0.25, 0.3) is 0 Å². The molecule has 3 heteroatoms. The van der Waals surface area contributed by atoms with Crippen molar-refractivity contribution in [2.45, 2.75) is 83.5 Å². The van der Waals surface area contributed by atoms with E-state index in [2.05, 4.69) is 24.0 Å². The van der Waals surface area contributed by atoms with E-state index in [1.165, 1.54) is 57.8 Å². The Labute approximate surface area is 116 Å². The molecule has 2 aliphatic carbocycles. The van der Waals surface area contributed by atoms with Gasteiger partial charge in [0.2, 0.25) is 0 Å². The monoisotopic (exact) mass is 261 g/mol. The van der Waals surface area contributed by atoms with Crippen LogP contribution in [0, 0.1) is 5.41 Å². The van der Waals surface area contributed by atoms with Crippen molar-refractivity contribution in [3.8, 4) is 0 Å². The third-order valence-corrected chi connectivity index (χ3v) is 5.33. The summed E-state index contributed by atoms with van der Waals surface area (Å²) in [4.78, 5) is 4.89. The SMILES string of the molecule is CC1(C)CCCCC1c1nc(C2CCCCC2)n[nH]1. The lowest BCUT2D eigenvalue weighted by atomic mass is 9.68. The summed E-state index contributed by atoms with van der Waals surface area (Å²) in [7, 11) is 0. The van der Waals surface area contributed by atoms with Crippen molar-refractivity contribution in [3.63, 3.8) is 0 Å². The zero-order valence-electron chi connectivity index (χ0n) is 12.4. The molecule has 1 atom stereocenters. The summed E-state index contributed by atoms with van der Waals surface area (Å²) in [5.74, 6) is 3.44. The number of hydrogen-bond acceptors (Lipinski definition) is 2. The van der Waals surface area contributed by atoms with E-state index in [0.29, 0.717) is 17.3 Å². The largest absolute Gasteiger partial charge is 0.263 e. The van der Waals surface area contributed by atoms with Crippen molar-refractivity contribution in [2.24, 2.45) is 5.41 Å². The normalized spacial score (nSPS) is 28.4. The van der Waals surface area contributed by atoms with E-state index in [4.69, 9.17) is 4.98 Å². The highest BCUT2D eigenvalue weighted by atomic mass is 15.2. The molecule has 1 aromatic heterocycles. The fraction of sp³-hybridized carbons (Fsp3) is 0.875. The number of nitrogens with zero attached hydrogens (tertiary/aromatic N) is 2. The first-order valence-electron chi connectivity index (χ1n) is 8.09. The summed E-state index contributed by atoms with van der Waals surface area (Å²) in [6.07, 6.45) is 12.0. The van der Waals surface area contributed by atoms with Gasteiger partial charge in [-0.3, -0.25) is 5.10 Å². The molecule has 1 aromatic rings. The topological polar surface area (TPSA) is 41.6 Å². The first kappa shape index (κ1) is 13.1. The number of H-pyrrole nitrogens is 1. The summed E-state index contributed by atoms with van der Waals surface area (Å²) < 4.78 is 0. The van der Waals surface area contributed by atoms with Gasteiger partial charge in [-0.15, -0.1) is 0 Å². The molecule has 0 spiro atoms. The van der Waals surface area contributed by atoms with E-state index < -0.39 is 0 Å². The molecule has 0 aromatic carbocycles. The average molecular weight is 261 g/mol. The Bertz CT molecular complexity index is 415. The fourth-order valence-electron chi connectivity index (χ4n) is 3.99. The van der Waals surface area contributed by atoms with Crippen LogP contribution in [0.2, 0.25) is 0 Å². The van der Waals surface area contributed by atoms with Gasteiger partial charge >= 0.3 is 0 Å². The summed E-state index contributed by atoms with van der Waals surface area (Å²) in [5.41, 5.74) is 0.377. The highest BCUT2D eigenvalue weighted by molar-refractivity contribution is 5.07. The Morgan fingerprint density at radius 1 is 1.00 bits per heavy atom. The predicted octanol–water partition coefficient (Wildman–Crippen LogP) is 4.54. The van der Waals surface area contributed by atoms with Gasteiger partial charge in [0.25, 0.3) is 0 Å². The van der Waals surface area contributed by atoms with E-state index in [-0.39, 0.29) is 0 Å². The molecule has 1 N–H and O–H groups in total. The van der Waals surface area contributed by atoms with Crippen molar-refractivity contribution in [1.29, 1.82) is 0 Å². The lowest BCUT2D eigenvalue weighted by Crippen LogP contribution is -2.26. The first-order chi connectivity index (χ1) is 9.17. The van der Waals surface area contributed by atoms with Crippen LogP contribution in [0.4, 0.5) is 0 Å². The Morgan fingerprint density at radius 2 is 1.74 bits per heavy atom. The van der Waals surface area contributed by atoms with Crippen LogP contribution in [0.1, 0.15) is 95.1 Å². The first-order valence-corrected chi connectivity index (χ1v) is 8.09. The molecule has 2 fully saturated rings. The lowest BCUT2D eigenvalue weighted by Gasteiger charge is -2.37. The van der Waals surface area contributed by atoms with Gasteiger partial charge in [-0.25, -0.2) is 4.98 Å². The second kappa shape index (κ2) is 5.26. The van der Waals surface area contributed by atoms with Gasteiger partial charge in [0.05, 0.1) is 0 Å². The Kier molecular flexibility index (Phi) is 3.64. The second-order valence-electron chi connectivity index (χ2n) is 7.20. The maximum absolute atomic E-state index is 4.89. The molecular formula is C16H27N3. The van der Waals surface area contributed by atoms with Crippen molar-refractivity contribution < 1.29 is 0 Å². The molecule has 1 unspecified atom stereocenters. The van der Waals surface area contributed by atoms with Gasteiger partial charge < -0.3 is 0 Å². The van der Waals surface area contributed by atoms with Gasteiger partial charge in [0, 0.05) is 11.8 Å². The molecule has 0 aliphatic heterocycles. The zero-order chi connectivity index (χ0) is 13.3. The summed E-state index contributed by atoms with van der Waals surface area (Å²) in [5, 5.41) is 7.81. The van der Waals surface area contributed by atoms with E-state index in [1.807, 2.05) is 0 Å². The van der Waals surface area contributed by atoms with Gasteiger partial charge in [-0.1, -0.05) is 46.0 Å². The molecule has 0 saturated heterocycles. The summed E-state index contributed by atoms with van der Waals surface area (Å²) in [6, 6.07) is 0.